The summed E-state index contributed by atoms with van der Waals surface area (Å²) < 4.78 is 1.16. The Labute approximate surface area is 190 Å². The molecule has 2 aromatic carbocycles. The molecule has 1 saturated heterocycles. The van der Waals surface area contributed by atoms with E-state index in [9.17, 15) is 14.7 Å². The number of hydrogen-bond donors (Lipinski definition) is 1. The molecule has 1 aliphatic rings. The quantitative estimate of drug-likeness (QED) is 0.582. The highest BCUT2D eigenvalue weighted by Crippen LogP contribution is 2.34. The first-order valence-electron chi connectivity index (χ1n) is 10.3. The number of likely N-dealkylation sites (tertiary alicyclic amines) is 1. The highest BCUT2D eigenvalue weighted by Gasteiger charge is 2.50. The van der Waals surface area contributed by atoms with Crippen molar-refractivity contribution in [3.63, 3.8) is 0 Å². The van der Waals surface area contributed by atoms with Gasteiger partial charge in [0.25, 0.3) is 0 Å². The number of aliphatic hydroxyl groups is 1. The number of halogens is 1. The van der Waals surface area contributed by atoms with Crippen LogP contribution in [0.1, 0.15) is 24.5 Å². The maximum atomic E-state index is 13.4. The minimum absolute atomic E-state index is 0.0407. The van der Waals surface area contributed by atoms with Gasteiger partial charge in [0.2, 0.25) is 11.8 Å². The predicted octanol–water partition coefficient (Wildman–Crippen LogP) is 4.11. The first kappa shape index (κ1) is 21.8. The average molecular weight is 457 g/mol. The van der Waals surface area contributed by atoms with E-state index in [-0.39, 0.29) is 31.4 Å². The Bertz CT molecular complexity index is 1100. The van der Waals surface area contributed by atoms with Crippen molar-refractivity contribution in [1.82, 2.24) is 9.80 Å². The molecule has 1 aliphatic heterocycles. The van der Waals surface area contributed by atoms with Gasteiger partial charge in [0, 0.05) is 29.4 Å². The van der Waals surface area contributed by atoms with Gasteiger partial charge < -0.3 is 14.9 Å². The first-order chi connectivity index (χ1) is 14.9. The third-order valence-electron chi connectivity index (χ3n) is 6.03. The molecule has 1 N–H and O–H groups in total. The summed E-state index contributed by atoms with van der Waals surface area (Å²) in [4.78, 5) is 29.9. The minimum atomic E-state index is -0.884. The Kier molecular flexibility index (Phi) is 6.32. The first-order valence-corrected chi connectivity index (χ1v) is 11.6. The summed E-state index contributed by atoms with van der Waals surface area (Å²) in [5.74, 6) is -0.174. The lowest BCUT2D eigenvalue weighted by atomic mass is 9.84. The smallest absolute Gasteiger partial charge is 0.248 e. The van der Waals surface area contributed by atoms with Crippen molar-refractivity contribution in [2.75, 3.05) is 19.7 Å². The van der Waals surface area contributed by atoms with Gasteiger partial charge in [-0.25, -0.2) is 0 Å². The minimum Gasteiger partial charge on any atom is -0.395 e. The van der Waals surface area contributed by atoms with E-state index in [1.807, 2.05) is 42.6 Å². The van der Waals surface area contributed by atoms with E-state index in [2.05, 4.69) is 6.07 Å². The fourth-order valence-corrected chi connectivity index (χ4v) is 5.22. The molecule has 31 heavy (non-hydrogen) atoms. The van der Waals surface area contributed by atoms with E-state index >= 15 is 0 Å². The molecule has 1 aromatic heterocycles. The number of rotatable bonds is 7. The summed E-state index contributed by atoms with van der Waals surface area (Å²) in [5, 5.41) is 13.3. The molecular weight excluding hydrogens is 432 g/mol. The predicted molar refractivity (Wildman–Crippen MR) is 124 cm³/mol. The van der Waals surface area contributed by atoms with Crippen LogP contribution in [0.3, 0.4) is 0 Å². The Morgan fingerprint density at radius 1 is 1.19 bits per heavy atom. The number of hydrogen-bond acceptors (Lipinski definition) is 4. The lowest BCUT2D eigenvalue weighted by molar-refractivity contribution is -0.164. The third kappa shape index (κ3) is 4.33. The van der Waals surface area contributed by atoms with Crippen molar-refractivity contribution >= 4 is 44.8 Å². The molecule has 1 atom stereocenters. The van der Waals surface area contributed by atoms with Crippen LogP contribution in [0.25, 0.3) is 10.1 Å². The van der Waals surface area contributed by atoms with E-state index in [1.165, 1.54) is 0 Å². The number of thiophene rings is 1. The molecule has 0 aliphatic carbocycles. The van der Waals surface area contributed by atoms with Crippen LogP contribution in [0.5, 0.6) is 0 Å². The van der Waals surface area contributed by atoms with Crippen molar-refractivity contribution in [1.29, 1.82) is 0 Å². The van der Waals surface area contributed by atoms with Crippen molar-refractivity contribution in [3.05, 3.63) is 70.1 Å². The number of nitrogens with zero attached hydrogens (tertiary/aromatic N) is 2. The number of benzene rings is 2. The van der Waals surface area contributed by atoms with Crippen LogP contribution in [0, 0.1) is 0 Å². The normalized spacial score (nSPS) is 18.1. The van der Waals surface area contributed by atoms with Gasteiger partial charge in [-0.2, -0.15) is 0 Å². The average Bonchev–Trinajstić information content (AvgIpc) is 3.16. The Hall–Kier alpha value is -2.41. The van der Waals surface area contributed by atoms with Crippen molar-refractivity contribution in [2.45, 2.75) is 31.8 Å². The SMILES string of the molecule is CC1(C(=O)N(CCO)Cc2ccc(Cl)cc2)CCN1C(=O)Cc1csc2ccccc12. The Morgan fingerprint density at radius 2 is 1.94 bits per heavy atom. The van der Waals surface area contributed by atoms with Crippen LogP contribution in [0.15, 0.2) is 53.9 Å². The van der Waals surface area contributed by atoms with E-state index in [0.717, 1.165) is 21.2 Å². The molecule has 0 saturated carbocycles. The van der Waals surface area contributed by atoms with Crippen molar-refractivity contribution in [3.8, 4) is 0 Å². The maximum absolute atomic E-state index is 13.4. The number of fused-ring (bicyclic) bond motifs is 1. The second kappa shape index (κ2) is 8.99. The van der Waals surface area contributed by atoms with Gasteiger partial charge in [0.15, 0.2) is 0 Å². The number of carbonyl (C=O) groups is 2. The summed E-state index contributed by atoms with van der Waals surface area (Å²) in [5.41, 5.74) is 1.04. The van der Waals surface area contributed by atoms with Crippen LogP contribution in [0.2, 0.25) is 5.02 Å². The fraction of sp³-hybridized carbons (Fsp3) is 0.333. The van der Waals surface area contributed by atoms with Crippen molar-refractivity contribution in [2.24, 2.45) is 0 Å². The zero-order valence-corrected chi connectivity index (χ0v) is 19.0. The molecule has 2 heterocycles. The molecule has 2 amide bonds. The monoisotopic (exact) mass is 456 g/mol. The van der Waals surface area contributed by atoms with Crippen LogP contribution in [0.4, 0.5) is 0 Å². The standard InChI is InChI=1S/C24H25ClN2O3S/c1-24(23(30)26(12-13-28)15-17-6-8-19(25)9-7-17)10-11-27(24)22(29)14-18-16-31-21-5-3-2-4-20(18)21/h2-9,16,28H,10-15H2,1H3. The van der Waals surface area contributed by atoms with Gasteiger partial charge in [-0.3, -0.25) is 9.59 Å². The van der Waals surface area contributed by atoms with Crippen LogP contribution in [-0.2, 0) is 22.6 Å². The van der Waals surface area contributed by atoms with Gasteiger partial charge in [0.05, 0.1) is 13.0 Å². The van der Waals surface area contributed by atoms with Crippen LogP contribution in [-0.4, -0.2) is 52.0 Å². The van der Waals surface area contributed by atoms with Gasteiger partial charge in [-0.15, -0.1) is 11.3 Å². The van der Waals surface area contributed by atoms with E-state index in [0.29, 0.717) is 24.5 Å². The molecule has 5 nitrogen and oxygen atoms in total. The van der Waals surface area contributed by atoms with Gasteiger partial charge in [-0.05, 0) is 53.4 Å². The summed E-state index contributed by atoms with van der Waals surface area (Å²) in [6.07, 6.45) is 0.897. The molecule has 0 radical (unpaired) electrons. The Balaban J connectivity index is 1.49. The zero-order valence-electron chi connectivity index (χ0n) is 17.4. The molecule has 4 rings (SSSR count). The molecule has 0 spiro atoms. The maximum Gasteiger partial charge on any atom is 0.248 e. The molecule has 1 unspecified atom stereocenters. The van der Waals surface area contributed by atoms with E-state index < -0.39 is 5.54 Å². The van der Waals surface area contributed by atoms with Crippen LogP contribution >= 0.6 is 22.9 Å². The van der Waals surface area contributed by atoms with Gasteiger partial charge in [-0.1, -0.05) is 41.9 Å². The molecule has 162 valence electrons. The summed E-state index contributed by atoms with van der Waals surface area (Å²) in [7, 11) is 0. The summed E-state index contributed by atoms with van der Waals surface area (Å²) in [6, 6.07) is 15.4. The molecule has 1 fully saturated rings. The lowest BCUT2D eigenvalue weighted by Crippen LogP contribution is -2.68. The van der Waals surface area contributed by atoms with Crippen molar-refractivity contribution < 1.29 is 14.7 Å². The molecule has 0 bridgehead atoms. The topological polar surface area (TPSA) is 60.9 Å². The molecule has 7 heteroatoms. The van der Waals surface area contributed by atoms with E-state index in [4.69, 9.17) is 11.6 Å². The summed E-state index contributed by atoms with van der Waals surface area (Å²) >= 11 is 7.59. The zero-order chi connectivity index (χ0) is 22.0. The second-order valence-electron chi connectivity index (χ2n) is 8.08. The lowest BCUT2D eigenvalue weighted by Gasteiger charge is -2.51. The van der Waals surface area contributed by atoms with Gasteiger partial charge in [0.1, 0.15) is 5.54 Å². The van der Waals surface area contributed by atoms with E-state index in [1.54, 1.807) is 33.3 Å². The van der Waals surface area contributed by atoms with Crippen LogP contribution < -0.4 is 0 Å². The third-order valence-corrected chi connectivity index (χ3v) is 7.29. The molecular formula is C24H25ClN2O3S. The second-order valence-corrected chi connectivity index (χ2v) is 9.43. The molecule has 3 aromatic rings. The number of carbonyl (C=O) groups excluding carboxylic acids is 2. The number of aliphatic hydroxyl groups excluding tert-OH is 1. The largest absolute Gasteiger partial charge is 0.395 e. The summed E-state index contributed by atoms with van der Waals surface area (Å²) in [6.45, 7) is 2.84. The number of amides is 2. The highest BCUT2D eigenvalue weighted by molar-refractivity contribution is 7.17. The fourth-order valence-electron chi connectivity index (χ4n) is 4.13. The van der Waals surface area contributed by atoms with Gasteiger partial charge >= 0.3 is 0 Å². The highest BCUT2D eigenvalue weighted by atomic mass is 35.5. The Morgan fingerprint density at radius 3 is 2.61 bits per heavy atom.